The van der Waals surface area contributed by atoms with E-state index in [-0.39, 0.29) is 0 Å². The van der Waals surface area contributed by atoms with Gasteiger partial charge in [-0.2, -0.15) is 0 Å². The van der Waals surface area contributed by atoms with Crippen LogP contribution in [0.25, 0.3) is 11.1 Å². The molecule has 3 rings (SSSR count). The minimum Gasteiger partial charge on any atom is -0.369 e. The molecule has 0 aromatic heterocycles. The third-order valence-corrected chi connectivity index (χ3v) is 3.55. The molecular weight excluding hydrogens is 258 g/mol. The first-order valence-corrected chi connectivity index (χ1v) is 6.74. The summed E-state index contributed by atoms with van der Waals surface area (Å²) in [6.07, 6.45) is 0. The highest BCUT2D eigenvalue weighted by molar-refractivity contribution is 5.66. The summed E-state index contributed by atoms with van der Waals surface area (Å²) >= 11 is 0. The van der Waals surface area contributed by atoms with E-state index in [1.54, 1.807) is 0 Å². The molecule has 2 aromatic carbocycles. The van der Waals surface area contributed by atoms with Crippen molar-refractivity contribution in [2.75, 3.05) is 31.1 Å². The number of hydrogen-bond acceptors (Lipinski definition) is 2. The number of hydrogen-bond donors (Lipinski definition) is 1. The van der Waals surface area contributed by atoms with E-state index in [4.69, 9.17) is 0 Å². The van der Waals surface area contributed by atoms with Crippen LogP contribution in [0, 0.1) is 11.6 Å². The summed E-state index contributed by atoms with van der Waals surface area (Å²) in [5.41, 5.74) is 2.53. The van der Waals surface area contributed by atoms with Gasteiger partial charge in [0, 0.05) is 37.9 Å². The first-order chi connectivity index (χ1) is 9.72. The van der Waals surface area contributed by atoms with Crippen LogP contribution in [0.5, 0.6) is 0 Å². The fourth-order valence-electron chi connectivity index (χ4n) is 2.51. The molecule has 104 valence electrons. The van der Waals surface area contributed by atoms with Crippen LogP contribution in [-0.2, 0) is 0 Å². The van der Waals surface area contributed by atoms with E-state index in [2.05, 4.69) is 10.2 Å². The van der Waals surface area contributed by atoms with Gasteiger partial charge in [-0.05, 0) is 35.4 Å². The Hall–Kier alpha value is -1.94. The highest BCUT2D eigenvalue weighted by Crippen LogP contribution is 2.24. The van der Waals surface area contributed by atoms with Crippen molar-refractivity contribution in [1.82, 2.24) is 5.32 Å². The lowest BCUT2D eigenvalue weighted by atomic mass is 10.0. The molecule has 1 saturated heterocycles. The van der Waals surface area contributed by atoms with Crippen LogP contribution in [0.4, 0.5) is 14.5 Å². The van der Waals surface area contributed by atoms with Gasteiger partial charge in [0.05, 0.1) is 0 Å². The molecule has 1 fully saturated rings. The van der Waals surface area contributed by atoms with Gasteiger partial charge in [0.2, 0.25) is 0 Å². The fourth-order valence-corrected chi connectivity index (χ4v) is 2.51. The molecule has 0 radical (unpaired) electrons. The van der Waals surface area contributed by atoms with Crippen molar-refractivity contribution in [2.45, 2.75) is 0 Å². The molecule has 0 atom stereocenters. The second-order valence-corrected chi connectivity index (χ2v) is 4.94. The zero-order valence-electron chi connectivity index (χ0n) is 11.1. The van der Waals surface area contributed by atoms with E-state index < -0.39 is 11.6 Å². The number of rotatable bonds is 2. The average Bonchev–Trinajstić information content (AvgIpc) is 2.47. The molecule has 0 saturated carbocycles. The molecule has 1 heterocycles. The Bertz CT molecular complexity index is 570. The van der Waals surface area contributed by atoms with Gasteiger partial charge in [-0.1, -0.05) is 12.1 Å². The van der Waals surface area contributed by atoms with E-state index in [1.165, 1.54) is 12.1 Å². The molecule has 2 nitrogen and oxygen atoms in total. The van der Waals surface area contributed by atoms with Crippen LogP contribution < -0.4 is 10.2 Å². The topological polar surface area (TPSA) is 15.3 Å². The fraction of sp³-hybridized carbons (Fsp3) is 0.250. The maximum Gasteiger partial charge on any atom is 0.126 e. The summed E-state index contributed by atoms with van der Waals surface area (Å²) in [5.74, 6) is -1.10. The van der Waals surface area contributed by atoms with Crippen molar-refractivity contribution in [3.63, 3.8) is 0 Å². The van der Waals surface area contributed by atoms with Gasteiger partial charge in [-0.25, -0.2) is 8.78 Å². The highest BCUT2D eigenvalue weighted by Gasteiger charge is 2.10. The molecule has 0 aliphatic carbocycles. The normalized spacial score (nSPS) is 15.4. The van der Waals surface area contributed by atoms with Gasteiger partial charge >= 0.3 is 0 Å². The van der Waals surface area contributed by atoms with Crippen molar-refractivity contribution in [3.8, 4) is 11.1 Å². The zero-order chi connectivity index (χ0) is 13.9. The van der Waals surface area contributed by atoms with Crippen LogP contribution in [0.1, 0.15) is 0 Å². The quantitative estimate of drug-likeness (QED) is 0.905. The Labute approximate surface area is 117 Å². The van der Waals surface area contributed by atoms with Gasteiger partial charge in [-0.15, -0.1) is 0 Å². The van der Waals surface area contributed by atoms with Crippen LogP contribution in [-0.4, -0.2) is 26.2 Å². The number of anilines is 1. The van der Waals surface area contributed by atoms with Crippen molar-refractivity contribution in [2.24, 2.45) is 0 Å². The van der Waals surface area contributed by atoms with Crippen molar-refractivity contribution in [3.05, 3.63) is 54.1 Å². The summed E-state index contributed by atoms with van der Waals surface area (Å²) in [5, 5.41) is 3.31. The van der Waals surface area contributed by atoms with E-state index in [0.717, 1.165) is 43.5 Å². The van der Waals surface area contributed by atoms with Gasteiger partial charge < -0.3 is 10.2 Å². The molecule has 4 heteroatoms. The molecule has 2 aromatic rings. The lowest BCUT2D eigenvalue weighted by Crippen LogP contribution is -2.43. The van der Waals surface area contributed by atoms with Crippen LogP contribution in [0.15, 0.2) is 42.5 Å². The summed E-state index contributed by atoms with van der Waals surface area (Å²) in [6.45, 7) is 3.93. The number of nitrogens with zero attached hydrogens (tertiary/aromatic N) is 1. The molecule has 1 N–H and O–H groups in total. The van der Waals surface area contributed by atoms with Crippen molar-refractivity contribution >= 4 is 5.69 Å². The SMILES string of the molecule is Fc1cc(F)cc(-c2ccc(N3CCNCC3)cc2)c1. The second-order valence-electron chi connectivity index (χ2n) is 4.94. The number of piperazine rings is 1. The van der Waals surface area contributed by atoms with Gasteiger partial charge in [-0.3, -0.25) is 0 Å². The smallest absolute Gasteiger partial charge is 0.126 e. The standard InChI is InChI=1S/C16H16F2N2/c17-14-9-13(10-15(18)11-14)12-1-3-16(4-2-12)20-7-5-19-6-8-20/h1-4,9-11,19H,5-8H2. The maximum absolute atomic E-state index is 13.2. The van der Waals surface area contributed by atoms with Gasteiger partial charge in [0.25, 0.3) is 0 Å². The van der Waals surface area contributed by atoms with Crippen LogP contribution in [0.3, 0.4) is 0 Å². The molecule has 0 spiro atoms. The van der Waals surface area contributed by atoms with Gasteiger partial charge in [0.1, 0.15) is 11.6 Å². The van der Waals surface area contributed by atoms with Gasteiger partial charge in [0.15, 0.2) is 0 Å². The predicted octanol–water partition coefficient (Wildman–Crippen LogP) is 3.04. The summed E-state index contributed by atoms with van der Waals surface area (Å²) in [6, 6.07) is 11.4. The lowest BCUT2D eigenvalue weighted by molar-refractivity contribution is 0.584. The highest BCUT2D eigenvalue weighted by atomic mass is 19.1. The third-order valence-electron chi connectivity index (χ3n) is 3.55. The largest absolute Gasteiger partial charge is 0.369 e. The first kappa shape index (κ1) is 13.1. The molecule has 1 aliphatic heterocycles. The predicted molar refractivity (Wildman–Crippen MR) is 76.9 cm³/mol. The van der Waals surface area contributed by atoms with E-state index in [0.29, 0.717) is 5.56 Å². The molecule has 0 bridgehead atoms. The third kappa shape index (κ3) is 2.80. The maximum atomic E-state index is 13.2. The van der Waals surface area contributed by atoms with Crippen molar-refractivity contribution in [1.29, 1.82) is 0 Å². The monoisotopic (exact) mass is 274 g/mol. The average molecular weight is 274 g/mol. The van der Waals surface area contributed by atoms with Crippen molar-refractivity contribution < 1.29 is 8.78 Å². The minimum atomic E-state index is -0.550. The summed E-state index contributed by atoms with van der Waals surface area (Å²) < 4.78 is 26.5. The minimum absolute atomic E-state index is 0.550. The Morgan fingerprint density at radius 1 is 0.800 bits per heavy atom. The van der Waals surface area contributed by atoms with Crippen LogP contribution in [0.2, 0.25) is 0 Å². The van der Waals surface area contributed by atoms with E-state index >= 15 is 0 Å². The lowest BCUT2D eigenvalue weighted by Gasteiger charge is -2.29. The van der Waals surface area contributed by atoms with Crippen LogP contribution >= 0.6 is 0 Å². The Balaban J connectivity index is 1.85. The number of benzene rings is 2. The summed E-state index contributed by atoms with van der Waals surface area (Å²) in [4.78, 5) is 2.30. The molecular formula is C16H16F2N2. The summed E-state index contributed by atoms with van der Waals surface area (Å²) in [7, 11) is 0. The zero-order valence-corrected chi connectivity index (χ0v) is 11.1. The van der Waals surface area contributed by atoms with E-state index in [1.807, 2.05) is 24.3 Å². The number of halogens is 2. The second kappa shape index (κ2) is 5.59. The first-order valence-electron chi connectivity index (χ1n) is 6.74. The Morgan fingerprint density at radius 3 is 2.00 bits per heavy atom. The molecule has 0 unspecified atom stereocenters. The Kier molecular flexibility index (Phi) is 3.65. The molecule has 0 amide bonds. The number of nitrogens with one attached hydrogen (secondary N) is 1. The Morgan fingerprint density at radius 2 is 1.40 bits per heavy atom. The van der Waals surface area contributed by atoms with E-state index in [9.17, 15) is 8.78 Å². The molecule has 1 aliphatic rings. The molecule has 20 heavy (non-hydrogen) atoms.